The molecule has 1 aliphatic heterocycles. The van der Waals surface area contributed by atoms with E-state index in [0.29, 0.717) is 16.6 Å². The zero-order valence-electron chi connectivity index (χ0n) is 16.3. The van der Waals surface area contributed by atoms with Crippen LogP contribution < -0.4 is 5.73 Å². The van der Waals surface area contributed by atoms with Crippen molar-refractivity contribution < 1.29 is 20.1 Å². The number of hydrogen-bond donors (Lipinski definition) is 4. The summed E-state index contributed by atoms with van der Waals surface area (Å²) in [7, 11) is 0. The summed E-state index contributed by atoms with van der Waals surface area (Å²) in [4.78, 5) is 12.7. The third-order valence-corrected chi connectivity index (χ3v) is 5.36. The fourth-order valence-electron chi connectivity index (χ4n) is 3.79. The number of aliphatic hydroxyl groups excluding tert-OH is 3. The molecule has 156 valence electrons. The Balaban J connectivity index is 1.59. The van der Waals surface area contributed by atoms with Gasteiger partial charge in [0.25, 0.3) is 0 Å². The number of nitrogens with two attached hydrogens (primary N) is 1. The highest BCUT2D eigenvalue weighted by atomic mass is 16.6. The van der Waals surface area contributed by atoms with E-state index in [1.165, 1.54) is 6.33 Å². The van der Waals surface area contributed by atoms with E-state index in [1.54, 1.807) is 17.0 Å². The summed E-state index contributed by atoms with van der Waals surface area (Å²) >= 11 is 0. The average Bonchev–Trinajstić information content (AvgIpc) is 3.30. The number of aliphatic hydroxyl groups is 3. The summed E-state index contributed by atoms with van der Waals surface area (Å²) in [5.74, 6) is 6.40. The van der Waals surface area contributed by atoms with Gasteiger partial charge in [0, 0.05) is 23.3 Å². The van der Waals surface area contributed by atoms with Crippen molar-refractivity contribution >= 4 is 27.8 Å². The Bertz CT molecular complexity index is 1340. The molecule has 0 radical (unpaired) electrons. The molecule has 9 heteroatoms. The molecule has 0 aliphatic carbocycles. The van der Waals surface area contributed by atoms with Crippen LogP contribution in [-0.2, 0) is 4.74 Å². The second-order valence-electron chi connectivity index (χ2n) is 7.30. The second-order valence-corrected chi connectivity index (χ2v) is 7.30. The summed E-state index contributed by atoms with van der Waals surface area (Å²) in [6.45, 7) is -0.424. The van der Waals surface area contributed by atoms with Crippen LogP contribution >= 0.6 is 0 Å². The van der Waals surface area contributed by atoms with Crippen molar-refractivity contribution in [2.75, 3.05) is 12.3 Å². The maximum atomic E-state index is 10.4. The Hall–Kier alpha value is -3.55. The molecule has 3 aromatic heterocycles. The number of pyridine rings is 1. The molecule has 5 rings (SSSR count). The highest BCUT2D eigenvalue weighted by Crippen LogP contribution is 2.34. The van der Waals surface area contributed by atoms with Gasteiger partial charge in [-0.2, -0.15) is 0 Å². The van der Waals surface area contributed by atoms with Crippen LogP contribution in [0.5, 0.6) is 0 Å². The van der Waals surface area contributed by atoms with Crippen LogP contribution in [0.1, 0.15) is 17.4 Å². The quantitative estimate of drug-likeness (QED) is 0.347. The van der Waals surface area contributed by atoms with Crippen LogP contribution in [0.3, 0.4) is 0 Å². The molecule has 4 atom stereocenters. The molecule has 4 aromatic rings. The van der Waals surface area contributed by atoms with Crippen LogP contribution in [0.2, 0.25) is 0 Å². The molecule has 0 saturated carbocycles. The Morgan fingerprint density at radius 1 is 1.10 bits per heavy atom. The Labute approximate surface area is 176 Å². The van der Waals surface area contributed by atoms with Crippen molar-refractivity contribution in [3.05, 3.63) is 60.2 Å². The van der Waals surface area contributed by atoms with Gasteiger partial charge in [0.1, 0.15) is 36.1 Å². The number of para-hydroxylation sites is 1. The van der Waals surface area contributed by atoms with E-state index in [-0.39, 0.29) is 5.82 Å². The minimum absolute atomic E-state index is 0.233. The normalized spacial score (nSPS) is 23.2. The molecule has 1 saturated heterocycles. The van der Waals surface area contributed by atoms with Gasteiger partial charge in [-0.1, -0.05) is 30.0 Å². The van der Waals surface area contributed by atoms with Gasteiger partial charge in [0.2, 0.25) is 0 Å². The zero-order chi connectivity index (χ0) is 21.5. The number of hydrogen-bond acceptors (Lipinski definition) is 8. The molecule has 0 unspecified atom stereocenters. The van der Waals surface area contributed by atoms with E-state index in [4.69, 9.17) is 10.5 Å². The predicted octanol–water partition coefficient (Wildman–Crippen LogP) is 0.573. The standard InChI is InChI=1S/C22H19N5O4/c23-20-17-14(6-5-12-7-13-3-1-2-4-15(13)24-8-12)9-27(21(17)26-11-25-20)22-19(30)18(29)16(10-28)31-22/h1-4,7-9,11,16,18-19,22,28-30H,10H2,(H2,23,25,26)/t16-,18-,19-,22-/m1/s1. The van der Waals surface area contributed by atoms with Crippen molar-refractivity contribution in [2.45, 2.75) is 24.5 Å². The van der Waals surface area contributed by atoms with Gasteiger partial charge in [-0.05, 0) is 12.1 Å². The smallest absolute Gasteiger partial charge is 0.164 e. The van der Waals surface area contributed by atoms with Crippen molar-refractivity contribution in [1.29, 1.82) is 0 Å². The van der Waals surface area contributed by atoms with Gasteiger partial charge in [0.05, 0.1) is 23.1 Å². The van der Waals surface area contributed by atoms with E-state index in [1.807, 2.05) is 30.3 Å². The number of nitrogen functional groups attached to an aromatic ring is 1. The molecule has 9 nitrogen and oxygen atoms in total. The molecule has 1 aliphatic rings. The highest BCUT2D eigenvalue weighted by molar-refractivity contribution is 5.92. The summed E-state index contributed by atoms with van der Waals surface area (Å²) in [5.41, 5.74) is 8.64. The lowest BCUT2D eigenvalue weighted by molar-refractivity contribution is -0.0508. The van der Waals surface area contributed by atoms with Crippen LogP contribution in [0.4, 0.5) is 5.82 Å². The molecular formula is C22H19N5O4. The van der Waals surface area contributed by atoms with Crippen molar-refractivity contribution in [1.82, 2.24) is 19.5 Å². The molecule has 4 heterocycles. The second kappa shape index (κ2) is 7.61. The SMILES string of the molecule is Nc1ncnc2c1c(C#Cc1cnc3ccccc3c1)cn2[C@@H]1O[C@H](CO)[C@@H](O)[C@H]1O. The summed E-state index contributed by atoms with van der Waals surface area (Å²) in [6, 6.07) is 9.70. The van der Waals surface area contributed by atoms with Crippen LogP contribution in [0.25, 0.3) is 21.9 Å². The third-order valence-electron chi connectivity index (χ3n) is 5.36. The van der Waals surface area contributed by atoms with E-state index in [2.05, 4.69) is 26.8 Å². The van der Waals surface area contributed by atoms with Gasteiger partial charge in [0.15, 0.2) is 6.23 Å². The first kappa shape index (κ1) is 19.4. The van der Waals surface area contributed by atoms with E-state index in [9.17, 15) is 15.3 Å². The monoisotopic (exact) mass is 417 g/mol. The number of nitrogens with zero attached hydrogens (tertiary/aromatic N) is 4. The van der Waals surface area contributed by atoms with E-state index >= 15 is 0 Å². The van der Waals surface area contributed by atoms with Crippen molar-refractivity contribution in [3.63, 3.8) is 0 Å². The molecule has 31 heavy (non-hydrogen) atoms. The maximum Gasteiger partial charge on any atom is 0.164 e. The van der Waals surface area contributed by atoms with Crippen molar-refractivity contribution in [2.24, 2.45) is 0 Å². The first-order valence-corrected chi connectivity index (χ1v) is 9.67. The van der Waals surface area contributed by atoms with Crippen molar-refractivity contribution in [3.8, 4) is 11.8 Å². The lowest BCUT2D eigenvalue weighted by atomic mass is 10.1. The van der Waals surface area contributed by atoms with Crippen LogP contribution in [-0.4, -0.2) is 59.8 Å². The zero-order valence-corrected chi connectivity index (χ0v) is 16.3. The molecule has 1 aromatic carbocycles. The van der Waals surface area contributed by atoms with Gasteiger partial charge in [-0.25, -0.2) is 9.97 Å². The number of ether oxygens (including phenoxy) is 1. The summed E-state index contributed by atoms with van der Waals surface area (Å²) in [6.07, 6.45) is 0.300. The molecule has 0 spiro atoms. The fourth-order valence-corrected chi connectivity index (χ4v) is 3.79. The number of rotatable bonds is 2. The largest absolute Gasteiger partial charge is 0.394 e. The van der Waals surface area contributed by atoms with Gasteiger partial charge >= 0.3 is 0 Å². The lowest BCUT2D eigenvalue weighted by Gasteiger charge is -2.17. The van der Waals surface area contributed by atoms with Gasteiger partial charge < -0.3 is 30.4 Å². The topological polar surface area (TPSA) is 140 Å². The molecule has 5 N–H and O–H groups in total. The fraction of sp³-hybridized carbons (Fsp3) is 0.227. The minimum Gasteiger partial charge on any atom is -0.394 e. The summed E-state index contributed by atoms with van der Waals surface area (Å²) in [5, 5.41) is 31.4. The van der Waals surface area contributed by atoms with Gasteiger partial charge in [-0.15, -0.1) is 0 Å². The predicted molar refractivity (Wildman–Crippen MR) is 113 cm³/mol. The van der Waals surface area contributed by atoms with E-state index in [0.717, 1.165) is 16.5 Å². The first-order valence-electron chi connectivity index (χ1n) is 9.67. The van der Waals surface area contributed by atoms with E-state index < -0.39 is 31.1 Å². The maximum absolute atomic E-state index is 10.4. The van der Waals surface area contributed by atoms with Gasteiger partial charge in [-0.3, -0.25) is 4.98 Å². The lowest BCUT2D eigenvalue weighted by Crippen LogP contribution is -2.33. The molecular weight excluding hydrogens is 398 g/mol. The number of fused-ring (bicyclic) bond motifs is 2. The highest BCUT2D eigenvalue weighted by Gasteiger charge is 2.44. The Morgan fingerprint density at radius 3 is 2.74 bits per heavy atom. The number of benzene rings is 1. The molecule has 0 amide bonds. The molecule has 0 bridgehead atoms. The number of aromatic nitrogens is 4. The third kappa shape index (κ3) is 3.28. The van der Waals surface area contributed by atoms with Crippen LogP contribution in [0, 0.1) is 11.8 Å². The van der Waals surface area contributed by atoms with Crippen LogP contribution in [0.15, 0.2) is 49.1 Å². The molecule has 1 fully saturated rings. The minimum atomic E-state index is -1.26. The summed E-state index contributed by atoms with van der Waals surface area (Å²) < 4.78 is 7.20. The Kier molecular flexibility index (Phi) is 4.77. The number of anilines is 1. The average molecular weight is 417 g/mol. The Morgan fingerprint density at radius 2 is 1.94 bits per heavy atom. The first-order chi connectivity index (χ1) is 15.1.